The third-order valence-corrected chi connectivity index (χ3v) is 6.81. The first-order valence-electron chi connectivity index (χ1n) is 8.32. The predicted octanol–water partition coefficient (Wildman–Crippen LogP) is 2.53. The lowest BCUT2D eigenvalue weighted by molar-refractivity contribution is -0.158. The Kier molecular flexibility index (Phi) is 4.66. The van der Waals surface area contributed by atoms with Crippen molar-refractivity contribution in [3.8, 4) is 0 Å². The van der Waals surface area contributed by atoms with Gasteiger partial charge in [-0.15, -0.1) is 0 Å². The van der Waals surface area contributed by atoms with Crippen LogP contribution in [-0.4, -0.2) is 59.0 Å². The molecular formula is C16H29NO2S. The molecule has 3 aliphatic rings. The molecule has 0 aromatic rings. The van der Waals surface area contributed by atoms with Gasteiger partial charge in [0.25, 0.3) is 0 Å². The van der Waals surface area contributed by atoms with Gasteiger partial charge in [-0.3, -0.25) is 0 Å². The van der Waals surface area contributed by atoms with Gasteiger partial charge in [0.1, 0.15) is 0 Å². The Labute approximate surface area is 127 Å². The molecule has 0 saturated carbocycles. The van der Waals surface area contributed by atoms with Gasteiger partial charge < -0.3 is 14.7 Å². The molecular weight excluding hydrogens is 270 g/mol. The van der Waals surface area contributed by atoms with Gasteiger partial charge in [0.05, 0.1) is 11.2 Å². The Bertz CT molecular complexity index is 317. The number of likely N-dealkylation sites (tertiary alicyclic amines) is 1. The van der Waals surface area contributed by atoms with E-state index in [2.05, 4.69) is 23.6 Å². The second kappa shape index (κ2) is 6.15. The summed E-state index contributed by atoms with van der Waals surface area (Å²) in [7, 11) is 0. The average Bonchev–Trinajstić information content (AvgIpc) is 2.49. The third kappa shape index (κ3) is 3.03. The van der Waals surface area contributed by atoms with Crippen molar-refractivity contribution in [2.24, 2.45) is 5.92 Å². The summed E-state index contributed by atoms with van der Waals surface area (Å²) in [6.07, 6.45) is 6.43. The number of hydrogen-bond donors (Lipinski definition) is 1. The van der Waals surface area contributed by atoms with Crippen LogP contribution >= 0.6 is 11.8 Å². The molecule has 0 aliphatic carbocycles. The zero-order valence-corrected chi connectivity index (χ0v) is 13.6. The minimum Gasteiger partial charge on any atom is -0.389 e. The van der Waals surface area contributed by atoms with Crippen LogP contribution in [0.4, 0.5) is 0 Å². The molecule has 0 radical (unpaired) electrons. The van der Waals surface area contributed by atoms with Gasteiger partial charge in [-0.1, -0.05) is 6.92 Å². The number of thioether (sulfide) groups is 1. The number of piperidine rings is 1. The number of aliphatic hydroxyl groups is 1. The smallest absolute Gasteiger partial charge is 0.0702 e. The van der Waals surface area contributed by atoms with Crippen molar-refractivity contribution in [2.75, 3.05) is 37.7 Å². The Balaban J connectivity index is 1.64. The summed E-state index contributed by atoms with van der Waals surface area (Å²) in [6, 6.07) is 0. The maximum Gasteiger partial charge on any atom is 0.0702 e. The molecule has 0 aromatic heterocycles. The van der Waals surface area contributed by atoms with Crippen molar-refractivity contribution in [3.63, 3.8) is 0 Å². The molecule has 1 atom stereocenters. The van der Waals surface area contributed by atoms with E-state index >= 15 is 0 Å². The first kappa shape index (κ1) is 15.1. The Morgan fingerprint density at radius 2 is 1.90 bits per heavy atom. The highest BCUT2D eigenvalue weighted by Gasteiger charge is 2.47. The van der Waals surface area contributed by atoms with Crippen molar-refractivity contribution < 1.29 is 9.84 Å². The van der Waals surface area contributed by atoms with Crippen LogP contribution in [0.5, 0.6) is 0 Å². The minimum atomic E-state index is -0.424. The summed E-state index contributed by atoms with van der Waals surface area (Å²) in [6.45, 7) is 6.31. The molecule has 0 bridgehead atoms. The van der Waals surface area contributed by atoms with Gasteiger partial charge in [0, 0.05) is 19.7 Å². The molecule has 0 amide bonds. The van der Waals surface area contributed by atoms with Crippen LogP contribution in [0.25, 0.3) is 0 Å². The summed E-state index contributed by atoms with van der Waals surface area (Å²) in [5.74, 6) is 2.92. The zero-order chi connectivity index (χ0) is 14.1. The van der Waals surface area contributed by atoms with E-state index in [1.54, 1.807) is 0 Å². The number of ether oxygens (including phenoxy) is 1. The van der Waals surface area contributed by atoms with Crippen LogP contribution < -0.4 is 0 Å². The second-order valence-electron chi connectivity index (χ2n) is 6.87. The van der Waals surface area contributed by atoms with Crippen LogP contribution in [0.2, 0.25) is 0 Å². The van der Waals surface area contributed by atoms with E-state index in [0.29, 0.717) is 5.92 Å². The fourth-order valence-corrected chi connectivity index (χ4v) is 5.48. The van der Waals surface area contributed by atoms with Gasteiger partial charge in [0.15, 0.2) is 0 Å². The lowest BCUT2D eigenvalue weighted by Crippen LogP contribution is -2.54. The fourth-order valence-electron chi connectivity index (χ4n) is 4.24. The molecule has 3 nitrogen and oxygen atoms in total. The summed E-state index contributed by atoms with van der Waals surface area (Å²) >= 11 is 2.05. The topological polar surface area (TPSA) is 32.7 Å². The molecule has 1 spiro atoms. The lowest BCUT2D eigenvalue weighted by Gasteiger charge is -2.50. The highest BCUT2D eigenvalue weighted by molar-refractivity contribution is 7.99. The van der Waals surface area contributed by atoms with E-state index in [9.17, 15) is 5.11 Å². The largest absolute Gasteiger partial charge is 0.389 e. The molecule has 116 valence electrons. The van der Waals surface area contributed by atoms with E-state index in [1.807, 2.05) is 0 Å². The standard InChI is InChI=1S/C16H29NO2S/c1-2-17-8-4-16(18,5-9-17)14-3-10-19-15(13-14)6-11-20-12-7-15/h14,18H,2-13H2,1H3. The van der Waals surface area contributed by atoms with Crippen molar-refractivity contribution in [3.05, 3.63) is 0 Å². The maximum absolute atomic E-state index is 11.1. The van der Waals surface area contributed by atoms with Gasteiger partial charge in [-0.2, -0.15) is 11.8 Å². The number of hydrogen-bond acceptors (Lipinski definition) is 4. The average molecular weight is 299 g/mol. The van der Waals surface area contributed by atoms with E-state index in [-0.39, 0.29) is 5.60 Å². The van der Waals surface area contributed by atoms with Crippen molar-refractivity contribution in [2.45, 2.75) is 56.7 Å². The molecule has 3 heterocycles. The van der Waals surface area contributed by atoms with Gasteiger partial charge in [-0.25, -0.2) is 0 Å². The Morgan fingerprint density at radius 3 is 2.55 bits per heavy atom. The highest BCUT2D eigenvalue weighted by Crippen LogP contribution is 2.45. The zero-order valence-electron chi connectivity index (χ0n) is 12.8. The molecule has 4 heteroatoms. The SMILES string of the molecule is CCN1CCC(O)(C2CCOC3(CCSCC3)C2)CC1. The van der Waals surface area contributed by atoms with Crippen LogP contribution in [0.3, 0.4) is 0 Å². The third-order valence-electron chi connectivity index (χ3n) is 5.83. The molecule has 1 unspecified atom stereocenters. The minimum absolute atomic E-state index is 0.103. The first-order chi connectivity index (χ1) is 9.66. The number of nitrogens with zero attached hydrogens (tertiary/aromatic N) is 1. The highest BCUT2D eigenvalue weighted by atomic mass is 32.2. The van der Waals surface area contributed by atoms with Crippen LogP contribution in [0, 0.1) is 5.92 Å². The molecule has 20 heavy (non-hydrogen) atoms. The van der Waals surface area contributed by atoms with Gasteiger partial charge in [0.2, 0.25) is 0 Å². The predicted molar refractivity (Wildman–Crippen MR) is 84.3 cm³/mol. The first-order valence-corrected chi connectivity index (χ1v) is 9.48. The van der Waals surface area contributed by atoms with Crippen LogP contribution in [-0.2, 0) is 4.74 Å². The van der Waals surface area contributed by atoms with E-state index in [4.69, 9.17) is 4.74 Å². The monoisotopic (exact) mass is 299 g/mol. The summed E-state index contributed by atoms with van der Waals surface area (Å²) in [5.41, 5.74) is -0.321. The summed E-state index contributed by atoms with van der Waals surface area (Å²) in [4.78, 5) is 2.46. The van der Waals surface area contributed by atoms with Crippen molar-refractivity contribution in [1.29, 1.82) is 0 Å². The van der Waals surface area contributed by atoms with E-state index < -0.39 is 5.60 Å². The van der Waals surface area contributed by atoms with Crippen molar-refractivity contribution >= 4 is 11.8 Å². The van der Waals surface area contributed by atoms with Gasteiger partial charge >= 0.3 is 0 Å². The molecule has 3 saturated heterocycles. The Hall–Kier alpha value is 0.230. The summed E-state index contributed by atoms with van der Waals surface area (Å²) < 4.78 is 6.18. The molecule has 3 rings (SSSR count). The van der Waals surface area contributed by atoms with Gasteiger partial charge in [-0.05, 0) is 62.5 Å². The normalized spacial score (nSPS) is 34.2. The lowest BCUT2D eigenvalue weighted by atomic mass is 9.70. The summed E-state index contributed by atoms with van der Waals surface area (Å²) in [5, 5.41) is 11.1. The fraction of sp³-hybridized carbons (Fsp3) is 1.00. The second-order valence-corrected chi connectivity index (χ2v) is 8.10. The molecule has 1 N–H and O–H groups in total. The quantitative estimate of drug-likeness (QED) is 0.849. The van der Waals surface area contributed by atoms with E-state index in [1.165, 1.54) is 24.3 Å². The maximum atomic E-state index is 11.1. The van der Waals surface area contributed by atoms with Crippen LogP contribution in [0.1, 0.15) is 45.4 Å². The number of rotatable bonds is 2. The van der Waals surface area contributed by atoms with Crippen LogP contribution in [0.15, 0.2) is 0 Å². The molecule has 3 aliphatic heterocycles. The molecule has 0 aromatic carbocycles. The molecule has 3 fully saturated rings. The Morgan fingerprint density at radius 1 is 1.20 bits per heavy atom. The van der Waals surface area contributed by atoms with Crippen molar-refractivity contribution in [1.82, 2.24) is 4.90 Å². The van der Waals surface area contributed by atoms with E-state index in [0.717, 1.165) is 51.9 Å².